The number of aliphatic imine (C=N–C) groups is 1. The summed E-state index contributed by atoms with van der Waals surface area (Å²) >= 11 is 4.73. The first-order chi connectivity index (χ1) is 21.9. The molecule has 0 saturated carbocycles. The Morgan fingerprint density at radius 3 is 2.63 bits per heavy atom. The normalized spacial score (nSPS) is 14.8. The van der Waals surface area contributed by atoms with Gasteiger partial charge in [0.15, 0.2) is 11.0 Å². The number of aryl methyl sites for hydroxylation is 1. The summed E-state index contributed by atoms with van der Waals surface area (Å²) in [4.78, 5) is 35.7. The number of alkyl halides is 3. The molecule has 0 unspecified atom stereocenters. The largest absolute Gasteiger partial charge is 0.573 e. The quantitative estimate of drug-likeness (QED) is 0.200. The van der Waals surface area contributed by atoms with E-state index in [1.54, 1.807) is 0 Å². The van der Waals surface area contributed by atoms with Gasteiger partial charge in [-0.25, -0.2) is 14.5 Å². The molecule has 3 aromatic carbocycles. The van der Waals surface area contributed by atoms with E-state index in [2.05, 4.69) is 54.9 Å². The van der Waals surface area contributed by atoms with Gasteiger partial charge >= 0.3 is 12.4 Å². The number of hydrogen-bond donors (Lipinski definition) is 1. The van der Waals surface area contributed by atoms with Crippen molar-refractivity contribution in [3.05, 3.63) is 94.2 Å². The van der Waals surface area contributed by atoms with Gasteiger partial charge in [-0.05, 0) is 72.0 Å². The van der Waals surface area contributed by atoms with E-state index in [9.17, 15) is 22.8 Å². The van der Waals surface area contributed by atoms with Gasteiger partial charge in [-0.2, -0.15) is 4.99 Å². The van der Waals surface area contributed by atoms with E-state index in [4.69, 9.17) is 0 Å². The van der Waals surface area contributed by atoms with Gasteiger partial charge in [0.05, 0.1) is 23.7 Å². The highest BCUT2D eigenvalue weighted by atomic mass is 79.9. The minimum absolute atomic E-state index is 0.127. The van der Waals surface area contributed by atoms with E-state index in [-0.39, 0.29) is 29.9 Å². The van der Waals surface area contributed by atoms with Gasteiger partial charge in [0.1, 0.15) is 12.1 Å². The molecule has 0 radical (unpaired) electrons. The summed E-state index contributed by atoms with van der Waals surface area (Å²) in [6, 6.07) is 18.0. The summed E-state index contributed by atoms with van der Waals surface area (Å²) in [6.07, 6.45) is -1.48. The third-order valence-electron chi connectivity index (χ3n) is 6.71. The first kappa shape index (κ1) is 32.9. The number of hydrogen-bond acceptors (Lipinski definition) is 6. The molecule has 14 heteroatoms. The van der Waals surface area contributed by atoms with Gasteiger partial charge in [-0.3, -0.25) is 9.69 Å². The lowest BCUT2D eigenvalue weighted by atomic mass is 9.99. The monoisotopic (exact) mass is 712 g/mol. The summed E-state index contributed by atoms with van der Waals surface area (Å²) in [5, 5.41) is 7.54. The molecule has 46 heavy (non-hydrogen) atoms. The molecular formula is C32H28BrF3N6O3S. The number of amides is 3. The molecule has 0 spiro atoms. The summed E-state index contributed by atoms with van der Waals surface area (Å²) in [5.74, 6) is 0.333. The number of benzene rings is 3. The van der Waals surface area contributed by atoms with E-state index in [1.165, 1.54) is 51.9 Å². The van der Waals surface area contributed by atoms with Gasteiger partial charge in [0.2, 0.25) is 5.91 Å². The fraction of sp³-hybridized carbons (Fsp3) is 0.219. The maximum atomic E-state index is 12.8. The van der Waals surface area contributed by atoms with Gasteiger partial charge in [0.25, 0.3) is 0 Å². The van der Waals surface area contributed by atoms with Crippen LogP contribution in [-0.4, -0.2) is 50.5 Å². The number of aromatic nitrogens is 3. The maximum absolute atomic E-state index is 12.8. The predicted octanol–water partition coefficient (Wildman–Crippen LogP) is 7.85. The number of amidine groups is 1. The van der Waals surface area contributed by atoms with Crippen molar-refractivity contribution >= 4 is 56.6 Å². The highest BCUT2D eigenvalue weighted by Crippen LogP contribution is 2.34. The second-order valence-electron chi connectivity index (χ2n) is 10.6. The molecule has 238 valence electrons. The molecule has 0 bridgehead atoms. The smallest absolute Gasteiger partial charge is 0.406 e. The van der Waals surface area contributed by atoms with E-state index in [1.807, 2.05) is 55.5 Å². The van der Waals surface area contributed by atoms with Crippen molar-refractivity contribution in [3.63, 3.8) is 0 Å². The standard InChI is InChI=1S/C32H28BrF3N6O3S/c1-19(2)26-12-7-20(3)13-27(26)42-28(43)17-46-31(42)39-30(44)37-16-23(33)15-21-5-4-6-22(14-21)29-38-18-41(40-29)24-8-10-25(11-9-24)45-32(34,35)36/h4-15,18-19H,16-17H2,1-3H3,(H,37,44). The molecule has 1 saturated heterocycles. The zero-order valence-corrected chi connectivity index (χ0v) is 27.3. The van der Waals surface area contributed by atoms with Crippen LogP contribution in [0, 0.1) is 6.92 Å². The first-order valence-corrected chi connectivity index (χ1v) is 15.8. The number of rotatable bonds is 8. The molecule has 1 N–H and O–H groups in total. The third-order valence-corrected chi connectivity index (χ3v) is 8.15. The molecule has 5 rings (SSSR count). The van der Waals surface area contributed by atoms with Crippen molar-refractivity contribution in [2.45, 2.75) is 33.1 Å². The third kappa shape index (κ3) is 8.23. The van der Waals surface area contributed by atoms with Crippen LogP contribution < -0.4 is 15.0 Å². The zero-order valence-electron chi connectivity index (χ0n) is 24.9. The van der Waals surface area contributed by atoms with Crippen LogP contribution in [0.3, 0.4) is 0 Å². The number of anilines is 1. The molecule has 3 amide bonds. The summed E-state index contributed by atoms with van der Waals surface area (Å²) in [5.41, 5.74) is 4.76. The molecule has 9 nitrogen and oxygen atoms in total. The topological polar surface area (TPSA) is 102 Å². The SMILES string of the molecule is Cc1ccc(C(C)C)c(N2C(=O)CSC2=NC(=O)NCC(Br)=Cc2cccc(-c3ncn(-c4ccc(OC(F)(F)F)cc4)n3)c2)c1. The van der Waals surface area contributed by atoms with Crippen LogP contribution in [0.25, 0.3) is 23.2 Å². The Labute approximate surface area is 275 Å². The number of halogens is 4. The Hall–Kier alpha value is -4.43. The van der Waals surface area contributed by atoms with E-state index < -0.39 is 12.4 Å². The van der Waals surface area contributed by atoms with E-state index in [0.29, 0.717) is 26.7 Å². The van der Waals surface area contributed by atoms with Gasteiger partial charge in [0, 0.05) is 10.0 Å². The van der Waals surface area contributed by atoms with E-state index in [0.717, 1.165) is 22.4 Å². The number of nitrogens with zero attached hydrogens (tertiary/aromatic N) is 5. The Bertz CT molecular complexity index is 1820. The van der Waals surface area contributed by atoms with Crippen molar-refractivity contribution in [1.82, 2.24) is 20.1 Å². The lowest BCUT2D eigenvalue weighted by molar-refractivity contribution is -0.274. The summed E-state index contributed by atoms with van der Waals surface area (Å²) in [6.45, 7) is 6.21. The van der Waals surface area contributed by atoms with E-state index >= 15 is 0 Å². The fourth-order valence-corrected chi connectivity index (χ4v) is 5.89. The average Bonchev–Trinajstić information content (AvgIpc) is 3.63. The van der Waals surface area contributed by atoms with Crippen molar-refractivity contribution in [2.24, 2.45) is 4.99 Å². The zero-order chi connectivity index (χ0) is 33.0. The number of thioether (sulfide) groups is 1. The Kier molecular flexibility index (Phi) is 9.97. The lowest BCUT2D eigenvalue weighted by Gasteiger charge is -2.22. The van der Waals surface area contributed by atoms with Crippen LogP contribution in [0.1, 0.15) is 36.5 Å². The van der Waals surface area contributed by atoms with Crippen molar-refractivity contribution in [2.75, 3.05) is 17.2 Å². The van der Waals surface area contributed by atoms with Gasteiger partial charge in [-0.15, -0.1) is 18.3 Å². The number of carbonyl (C=O) groups is 2. The maximum Gasteiger partial charge on any atom is 0.573 e. The lowest BCUT2D eigenvalue weighted by Crippen LogP contribution is -2.32. The minimum atomic E-state index is -4.77. The molecule has 0 atom stereocenters. The van der Waals surface area contributed by atoms with Crippen LogP contribution in [0.4, 0.5) is 23.7 Å². The van der Waals surface area contributed by atoms with Crippen LogP contribution in [0.5, 0.6) is 5.75 Å². The van der Waals surface area contributed by atoms with Crippen molar-refractivity contribution < 1.29 is 27.5 Å². The van der Waals surface area contributed by atoms with Crippen LogP contribution in [0.15, 0.2) is 82.5 Å². The second kappa shape index (κ2) is 13.9. The van der Waals surface area contributed by atoms with Crippen LogP contribution in [0.2, 0.25) is 0 Å². The number of nitrogens with one attached hydrogen (secondary N) is 1. The Morgan fingerprint density at radius 1 is 1.15 bits per heavy atom. The first-order valence-electron chi connectivity index (χ1n) is 14.0. The number of urea groups is 1. The van der Waals surface area contributed by atoms with Gasteiger partial charge in [-0.1, -0.05) is 71.9 Å². The molecular weight excluding hydrogens is 685 g/mol. The predicted molar refractivity (Wildman–Crippen MR) is 176 cm³/mol. The molecule has 2 heterocycles. The highest BCUT2D eigenvalue weighted by Gasteiger charge is 2.33. The van der Waals surface area contributed by atoms with Crippen molar-refractivity contribution in [3.8, 4) is 22.8 Å². The van der Waals surface area contributed by atoms with Crippen LogP contribution in [-0.2, 0) is 4.79 Å². The molecule has 0 aliphatic carbocycles. The minimum Gasteiger partial charge on any atom is -0.406 e. The second-order valence-corrected chi connectivity index (χ2v) is 12.5. The number of carbonyl (C=O) groups excluding carboxylic acids is 2. The van der Waals surface area contributed by atoms with Crippen LogP contribution >= 0.6 is 27.7 Å². The molecule has 4 aromatic rings. The van der Waals surface area contributed by atoms with Crippen molar-refractivity contribution in [1.29, 1.82) is 0 Å². The fourth-order valence-electron chi connectivity index (χ4n) is 4.62. The summed E-state index contributed by atoms with van der Waals surface area (Å²) < 4.78 is 43.4. The average molecular weight is 714 g/mol. The molecule has 1 aromatic heterocycles. The Balaban J connectivity index is 1.24. The Morgan fingerprint density at radius 2 is 1.91 bits per heavy atom. The number of ether oxygens (including phenoxy) is 1. The molecule has 1 aliphatic heterocycles. The molecule has 1 fully saturated rings. The van der Waals surface area contributed by atoms with Gasteiger partial charge < -0.3 is 10.1 Å². The molecule has 1 aliphatic rings. The summed E-state index contributed by atoms with van der Waals surface area (Å²) in [7, 11) is 0. The highest BCUT2D eigenvalue weighted by molar-refractivity contribution is 9.11.